The maximum Gasteiger partial charge on any atom is 0.0619 e. The van der Waals surface area contributed by atoms with Gasteiger partial charge in [0.1, 0.15) is 0 Å². The fourth-order valence-electron chi connectivity index (χ4n) is 1.85. The zero-order valence-corrected chi connectivity index (χ0v) is 7.18. The molecule has 1 aliphatic rings. The van der Waals surface area contributed by atoms with Gasteiger partial charge in [0.05, 0.1) is 18.8 Å². The number of rotatable bonds is 3. The zero-order valence-electron chi connectivity index (χ0n) is 7.18. The average molecular weight is 176 g/mol. The molecule has 1 aliphatic carbocycles. The molecule has 0 aromatic heterocycles. The van der Waals surface area contributed by atoms with Crippen molar-refractivity contribution in [2.75, 3.05) is 20.3 Å². The minimum Gasteiger partial charge on any atom is -0.396 e. The van der Waals surface area contributed by atoms with Crippen molar-refractivity contribution in [1.82, 2.24) is 0 Å². The molecule has 12 heavy (non-hydrogen) atoms. The van der Waals surface area contributed by atoms with E-state index in [1.807, 2.05) is 0 Å². The van der Waals surface area contributed by atoms with Crippen LogP contribution in [-0.4, -0.2) is 47.9 Å². The Balaban J connectivity index is 2.55. The van der Waals surface area contributed by atoms with Crippen molar-refractivity contribution in [3.8, 4) is 0 Å². The van der Waals surface area contributed by atoms with Crippen LogP contribution in [-0.2, 0) is 4.74 Å². The van der Waals surface area contributed by atoms with Gasteiger partial charge in [-0.3, -0.25) is 0 Å². The highest BCUT2D eigenvalue weighted by molar-refractivity contribution is 4.90. The Morgan fingerprint density at radius 3 is 2.33 bits per heavy atom. The van der Waals surface area contributed by atoms with E-state index in [1.165, 1.54) is 0 Å². The van der Waals surface area contributed by atoms with Crippen molar-refractivity contribution in [2.45, 2.75) is 18.6 Å². The SMILES string of the molecule is COC[C@@H]1[C@@H](CO)[C@@H](O)C[C@H]1O. The lowest BCUT2D eigenvalue weighted by Gasteiger charge is -2.20. The Hall–Kier alpha value is -0.160. The van der Waals surface area contributed by atoms with E-state index in [2.05, 4.69) is 0 Å². The standard InChI is InChI=1S/C8H16O4/c1-12-4-6-5(3-9)7(10)2-8(6)11/h5-11H,2-4H2,1H3/t5-,6-,7+,8-/m1/s1. The van der Waals surface area contributed by atoms with Gasteiger partial charge in [-0.05, 0) is 6.42 Å². The summed E-state index contributed by atoms with van der Waals surface area (Å²) >= 11 is 0. The van der Waals surface area contributed by atoms with Crippen LogP contribution < -0.4 is 0 Å². The lowest BCUT2D eigenvalue weighted by atomic mass is 9.95. The van der Waals surface area contributed by atoms with Crippen molar-refractivity contribution in [3.05, 3.63) is 0 Å². The van der Waals surface area contributed by atoms with Gasteiger partial charge in [-0.2, -0.15) is 0 Å². The quantitative estimate of drug-likeness (QED) is 0.515. The Morgan fingerprint density at radius 1 is 1.25 bits per heavy atom. The molecule has 0 radical (unpaired) electrons. The van der Waals surface area contributed by atoms with Gasteiger partial charge in [-0.25, -0.2) is 0 Å². The molecule has 0 bridgehead atoms. The second-order valence-electron chi connectivity index (χ2n) is 3.34. The fraction of sp³-hybridized carbons (Fsp3) is 1.00. The van der Waals surface area contributed by atoms with Gasteiger partial charge in [0.15, 0.2) is 0 Å². The molecule has 0 aromatic carbocycles. The third-order valence-electron chi connectivity index (χ3n) is 2.59. The molecule has 4 nitrogen and oxygen atoms in total. The minimum absolute atomic E-state index is 0.0910. The lowest BCUT2D eigenvalue weighted by Crippen LogP contribution is -2.28. The summed E-state index contributed by atoms with van der Waals surface area (Å²) < 4.78 is 4.89. The van der Waals surface area contributed by atoms with Crippen molar-refractivity contribution >= 4 is 0 Å². The summed E-state index contributed by atoms with van der Waals surface area (Å²) in [5.41, 5.74) is 0. The topological polar surface area (TPSA) is 69.9 Å². The second kappa shape index (κ2) is 4.18. The summed E-state index contributed by atoms with van der Waals surface area (Å²) in [5.74, 6) is -0.366. The van der Waals surface area contributed by atoms with Crippen LogP contribution in [0.25, 0.3) is 0 Å². The lowest BCUT2D eigenvalue weighted by molar-refractivity contribution is 0.0234. The summed E-state index contributed by atoms with van der Waals surface area (Å²) in [5, 5.41) is 27.7. The molecule has 1 rings (SSSR count). The molecular weight excluding hydrogens is 160 g/mol. The molecule has 1 fully saturated rings. The summed E-state index contributed by atoms with van der Waals surface area (Å²) in [4.78, 5) is 0. The van der Waals surface area contributed by atoms with E-state index in [9.17, 15) is 10.2 Å². The third kappa shape index (κ3) is 1.77. The summed E-state index contributed by atoms with van der Waals surface area (Å²) in [6.45, 7) is 0.301. The normalized spacial score (nSPS) is 42.0. The molecule has 0 saturated heterocycles. The maximum absolute atomic E-state index is 9.44. The van der Waals surface area contributed by atoms with Gasteiger partial charge in [0.25, 0.3) is 0 Å². The molecule has 0 aromatic rings. The number of hydrogen-bond acceptors (Lipinski definition) is 4. The van der Waals surface area contributed by atoms with Crippen LogP contribution in [0.1, 0.15) is 6.42 Å². The highest BCUT2D eigenvalue weighted by atomic mass is 16.5. The van der Waals surface area contributed by atoms with Gasteiger partial charge >= 0.3 is 0 Å². The van der Waals surface area contributed by atoms with Crippen molar-refractivity contribution < 1.29 is 20.1 Å². The van der Waals surface area contributed by atoms with E-state index in [1.54, 1.807) is 7.11 Å². The molecule has 0 spiro atoms. The summed E-state index contributed by atoms with van der Waals surface area (Å²) in [6.07, 6.45) is -0.790. The van der Waals surface area contributed by atoms with Crippen molar-refractivity contribution in [3.63, 3.8) is 0 Å². The minimum atomic E-state index is -0.592. The first-order valence-corrected chi connectivity index (χ1v) is 4.16. The van der Waals surface area contributed by atoms with E-state index in [0.717, 1.165) is 0 Å². The van der Waals surface area contributed by atoms with Crippen LogP contribution in [0.4, 0.5) is 0 Å². The first-order valence-electron chi connectivity index (χ1n) is 4.16. The second-order valence-corrected chi connectivity index (χ2v) is 3.34. The molecule has 72 valence electrons. The average Bonchev–Trinajstić information content (AvgIpc) is 2.28. The van der Waals surface area contributed by atoms with Gasteiger partial charge in [0, 0.05) is 25.6 Å². The van der Waals surface area contributed by atoms with E-state index in [-0.39, 0.29) is 18.4 Å². The van der Waals surface area contributed by atoms with Crippen molar-refractivity contribution in [1.29, 1.82) is 0 Å². The Morgan fingerprint density at radius 2 is 1.83 bits per heavy atom. The highest BCUT2D eigenvalue weighted by Crippen LogP contribution is 2.32. The van der Waals surface area contributed by atoms with Crippen molar-refractivity contribution in [2.24, 2.45) is 11.8 Å². The Bertz CT molecular complexity index is 139. The molecule has 0 heterocycles. The van der Waals surface area contributed by atoms with Crippen LogP contribution in [0.2, 0.25) is 0 Å². The molecule has 0 amide bonds. The van der Waals surface area contributed by atoms with Crippen LogP contribution in [0, 0.1) is 11.8 Å². The zero-order chi connectivity index (χ0) is 9.14. The first-order chi connectivity index (χ1) is 5.70. The van der Waals surface area contributed by atoms with Crippen LogP contribution >= 0.6 is 0 Å². The van der Waals surface area contributed by atoms with E-state index >= 15 is 0 Å². The smallest absolute Gasteiger partial charge is 0.0619 e. The van der Waals surface area contributed by atoms with E-state index < -0.39 is 12.2 Å². The first kappa shape index (κ1) is 9.92. The van der Waals surface area contributed by atoms with Crippen LogP contribution in [0.3, 0.4) is 0 Å². The number of hydrogen-bond donors (Lipinski definition) is 3. The summed E-state index contributed by atoms with van der Waals surface area (Å²) in [6, 6.07) is 0. The number of aliphatic hydroxyl groups excluding tert-OH is 3. The molecule has 0 unspecified atom stereocenters. The van der Waals surface area contributed by atoms with Crippen LogP contribution in [0.5, 0.6) is 0 Å². The molecule has 0 aliphatic heterocycles. The molecular formula is C8H16O4. The largest absolute Gasteiger partial charge is 0.396 e. The molecule has 1 saturated carbocycles. The monoisotopic (exact) mass is 176 g/mol. The predicted molar refractivity (Wildman–Crippen MR) is 42.6 cm³/mol. The van der Waals surface area contributed by atoms with E-state index in [4.69, 9.17) is 9.84 Å². The molecule has 3 N–H and O–H groups in total. The number of aliphatic hydroxyl groups is 3. The third-order valence-corrected chi connectivity index (χ3v) is 2.59. The molecule has 4 atom stereocenters. The molecule has 4 heteroatoms. The summed E-state index contributed by atoms with van der Waals surface area (Å²) in [7, 11) is 1.55. The predicted octanol–water partition coefficient (Wildman–Crippen LogP) is -1.02. The Labute approximate surface area is 71.8 Å². The Kier molecular flexibility index (Phi) is 3.46. The van der Waals surface area contributed by atoms with Gasteiger partial charge in [-0.15, -0.1) is 0 Å². The van der Waals surface area contributed by atoms with E-state index in [0.29, 0.717) is 13.0 Å². The fourth-order valence-corrected chi connectivity index (χ4v) is 1.85. The maximum atomic E-state index is 9.44. The highest BCUT2D eigenvalue weighted by Gasteiger charge is 2.40. The number of ether oxygens (including phenoxy) is 1. The van der Waals surface area contributed by atoms with Gasteiger partial charge in [-0.1, -0.05) is 0 Å². The van der Waals surface area contributed by atoms with Crippen LogP contribution in [0.15, 0.2) is 0 Å². The van der Waals surface area contributed by atoms with Gasteiger partial charge in [0.2, 0.25) is 0 Å². The number of methoxy groups -OCH3 is 1. The van der Waals surface area contributed by atoms with Gasteiger partial charge < -0.3 is 20.1 Å².